The molecule has 0 bridgehead atoms. The van der Waals surface area contributed by atoms with Crippen molar-refractivity contribution in [3.05, 3.63) is 0 Å². The molecule has 0 aliphatic carbocycles. The molecule has 0 spiro atoms. The van der Waals surface area contributed by atoms with Crippen molar-refractivity contribution >= 4 is 41.4 Å². The standard InChI is InChI=1S/3C9H23N2O2P.Al/c3*1-5-10(6-2)9(14(12)13)11(7-3)8-4;/h3*9,14H,5-8H2,1-4H3,(H,12,13);/q;;;+3/p-3. The van der Waals surface area contributed by atoms with Crippen molar-refractivity contribution in [3.8, 4) is 0 Å². The molecule has 0 aliphatic rings. The van der Waals surface area contributed by atoms with Crippen molar-refractivity contribution in [2.24, 2.45) is 0 Å². The molecule has 16 heteroatoms. The molecule has 3 unspecified atom stereocenters. The normalized spacial score (nSPS) is 14.0. The van der Waals surface area contributed by atoms with Crippen molar-refractivity contribution in [2.75, 3.05) is 78.5 Å². The first-order valence-corrected chi connectivity index (χ1v) is 20.1. The number of hydrogen-bond donors (Lipinski definition) is 0. The van der Waals surface area contributed by atoms with E-state index in [1.807, 2.05) is 112 Å². The molecule has 0 aromatic rings. The maximum atomic E-state index is 11.2. The van der Waals surface area contributed by atoms with Gasteiger partial charge < -0.3 is 28.4 Å². The molecule has 0 aromatic carbocycles. The van der Waals surface area contributed by atoms with Crippen LogP contribution in [0.1, 0.15) is 83.1 Å². The molecule has 0 radical (unpaired) electrons. The quantitative estimate of drug-likeness (QED) is 0.0989. The Hall–Kier alpha value is 0.862. The average Bonchev–Trinajstić information content (AvgIpc) is 2.98. The monoisotopic (exact) mass is 690 g/mol. The average molecular weight is 691 g/mol. The van der Waals surface area contributed by atoms with Crippen molar-refractivity contribution in [1.82, 2.24) is 29.4 Å². The molecule has 0 aliphatic heterocycles. The van der Waals surface area contributed by atoms with Crippen molar-refractivity contribution in [2.45, 2.75) is 101 Å². The van der Waals surface area contributed by atoms with Gasteiger partial charge in [0.2, 0.25) is 0 Å². The first-order valence-electron chi connectivity index (χ1n) is 15.9. The van der Waals surface area contributed by atoms with Gasteiger partial charge in [0, 0.05) is 24.1 Å². The predicted molar refractivity (Wildman–Crippen MR) is 182 cm³/mol. The molecule has 0 N–H and O–H groups in total. The molecule has 12 nitrogen and oxygen atoms in total. The van der Waals surface area contributed by atoms with E-state index < -0.39 is 41.8 Å². The van der Waals surface area contributed by atoms with Gasteiger partial charge in [0.25, 0.3) is 0 Å². The second-order valence-electron chi connectivity index (χ2n) is 9.41. The van der Waals surface area contributed by atoms with Crippen LogP contribution in [-0.2, 0) is 13.7 Å². The van der Waals surface area contributed by atoms with Crippen LogP contribution in [0.25, 0.3) is 0 Å². The summed E-state index contributed by atoms with van der Waals surface area (Å²) in [6.45, 7) is 33.2. The van der Waals surface area contributed by atoms with Crippen LogP contribution in [0.5, 0.6) is 0 Å². The number of nitrogens with zero attached hydrogens (tertiary/aromatic N) is 6. The van der Waals surface area contributed by atoms with E-state index in [4.69, 9.17) is 0 Å². The number of hydrogen-bond acceptors (Lipinski definition) is 12. The van der Waals surface area contributed by atoms with E-state index in [-0.39, 0.29) is 17.4 Å². The van der Waals surface area contributed by atoms with Gasteiger partial charge in [-0.05, 0) is 78.5 Å². The van der Waals surface area contributed by atoms with E-state index in [1.165, 1.54) is 0 Å². The maximum Gasteiger partial charge on any atom is 3.00 e. The Kier molecular flexibility index (Phi) is 37.1. The molecule has 43 heavy (non-hydrogen) atoms. The van der Waals surface area contributed by atoms with Crippen LogP contribution in [-0.4, -0.2) is 143 Å². The maximum absolute atomic E-state index is 11.2. The van der Waals surface area contributed by atoms with Crippen molar-refractivity contribution in [1.29, 1.82) is 0 Å². The van der Waals surface area contributed by atoms with Crippen LogP contribution in [0.4, 0.5) is 0 Å². The molecule has 3 atom stereocenters. The van der Waals surface area contributed by atoms with E-state index >= 15 is 0 Å². The molecule has 258 valence electrons. The Morgan fingerprint density at radius 1 is 0.349 bits per heavy atom. The minimum atomic E-state index is -2.77. The van der Waals surface area contributed by atoms with E-state index in [0.717, 1.165) is 78.5 Å². The summed E-state index contributed by atoms with van der Waals surface area (Å²) in [6.07, 6.45) is 0. The molecule has 0 saturated carbocycles. The Balaban J connectivity index is -0.000000262. The van der Waals surface area contributed by atoms with Gasteiger partial charge in [-0.25, -0.2) is 0 Å². The third kappa shape index (κ3) is 19.3. The van der Waals surface area contributed by atoms with E-state index in [2.05, 4.69) is 0 Å². The zero-order valence-electron chi connectivity index (χ0n) is 29.4. The minimum absolute atomic E-state index is 0. The zero-order valence-corrected chi connectivity index (χ0v) is 33.6. The summed E-state index contributed by atoms with van der Waals surface area (Å²) < 4.78 is 33.6. The Morgan fingerprint density at radius 2 is 0.442 bits per heavy atom. The van der Waals surface area contributed by atoms with E-state index in [0.29, 0.717) is 0 Å². The molecular formula is C27H66AlN6O6P3. The minimum Gasteiger partial charge on any atom is -0.800 e. The molecule has 0 rings (SSSR count). The summed E-state index contributed by atoms with van der Waals surface area (Å²) >= 11 is 0. The third-order valence-corrected chi connectivity index (χ3v) is 11.0. The van der Waals surface area contributed by atoms with Gasteiger partial charge in [-0.3, -0.25) is 29.4 Å². The van der Waals surface area contributed by atoms with Gasteiger partial charge in [-0.15, -0.1) is 0 Å². The van der Waals surface area contributed by atoms with Crippen LogP contribution < -0.4 is 14.7 Å². The van der Waals surface area contributed by atoms with Gasteiger partial charge in [-0.1, -0.05) is 83.1 Å². The third-order valence-electron chi connectivity index (χ3n) is 7.58. The predicted octanol–water partition coefficient (Wildman–Crippen LogP) is 1.99. The summed E-state index contributed by atoms with van der Waals surface area (Å²) in [5, 5.41) is 0. The topological polar surface area (TPSA) is 140 Å². The van der Waals surface area contributed by atoms with Gasteiger partial charge >= 0.3 is 17.4 Å². The van der Waals surface area contributed by atoms with Crippen LogP contribution in [0, 0.1) is 0 Å². The SMILES string of the molecule is CCN(CC)C(N(CC)CC)[PH](=O)[O-].CCN(CC)C(N(CC)CC)[PH](=O)[O-].CCN(CC)C(N(CC)CC)[PH](=O)[O-].[Al+3]. The van der Waals surface area contributed by atoms with E-state index in [9.17, 15) is 28.4 Å². The molecular weight excluding hydrogens is 624 g/mol. The smallest absolute Gasteiger partial charge is 0.800 e. The van der Waals surface area contributed by atoms with Crippen molar-refractivity contribution in [3.63, 3.8) is 0 Å². The van der Waals surface area contributed by atoms with Crippen molar-refractivity contribution < 1.29 is 28.4 Å². The summed E-state index contributed by atoms with van der Waals surface area (Å²) in [7, 11) is -8.30. The van der Waals surface area contributed by atoms with Gasteiger partial charge in [0.15, 0.2) is 0 Å². The van der Waals surface area contributed by atoms with Gasteiger partial charge in [0.05, 0.1) is 0 Å². The number of rotatable bonds is 21. The van der Waals surface area contributed by atoms with Gasteiger partial charge in [0.1, 0.15) is 17.7 Å². The molecule has 0 saturated heterocycles. The second-order valence-corrected chi connectivity index (χ2v) is 12.9. The van der Waals surface area contributed by atoms with Crippen LogP contribution in [0.2, 0.25) is 0 Å². The van der Waals surface area contributed by atoms with Crippen LogP contribution >= 0.6 is 24.1 Å². The summed E-state index contributed by atoms with van der Waals surface area (Å²) in [5.41, 5.74) is 0. The largest absolute Gasteiger partial charge is 3.00 e. The zero-order chi connectivity index (χ0) is 33.4. The molecule has 0 fully saturated rings. The molecule has 0 heterocycles. The fraction of sp³-hybridized carbons (Fsp3) is 1.00. The fourth-order valence-electron chi connectivity index (χ4n) is 5.00. The van der Waals surface area contributed by atoms with Gasteiger partial charge in [-0.2, -0.15) is 0 Å². The molecule has 0 aromatic heterocycles. The Morgan fingerprint density at radius 3 is 0.488 bits per heavy atom. The Bertz CT molecular complexity index is 572. The van der Waals surface area contributed by atoms with Crippen LogP contribution in [0.3, 0.4) is 0 Å². The Labute approximate surface area is 277 Å². The first kappa shape index (κ1) is 50.7. The fourth-order valence-corrected chi connectivity index (χ4v) is 8.98. The summed E-state index contributed by atoms with van der Waals surface area (Å²) in [5.74, 6) is -1.19. The van der Waals surface area contributed by atoms with Crippen LogP contribution in [0.15, 0.2) is 0 Å². The second kappa shape index (κ2) is 31.5. The molecule has 0 amide bonds. The summed E-state index contributed by atoms with van der Waals surface area (Å²) in [6, 6.07) is 0. The summed E-state index contributed by atoms with van der Waals surface area (Å²) in [4.78, 5) is 45.5. The van der Waals surface area contributed by atoms with E-state index in [1.54, 1.807) is 0 Å². The first-order chi connectivity index (χ1) is 19.8.